The predicted octanol–water partition coefficient (Wildman–Crippen LogP) is 9.08. The van der Waals surface area contributed by atoms with Gasteiger partial charge in [-0.25, -0.2) is 8.42 Å². The van der Waals surface area contributed by atoms with E-state index in [1.54, 1.807) is 12.1 Å². The van der Waals surface area contributed by atoms with Gasteiger partial charge in [0.1, 0.15) is 10.1 Å². The minimum Gasteiger partial charge on any atom is -0.744 e. The van der Waals surface area contributed by atoms with Crippen molar-refractivity contribution in [2.75, 3.05) is 0 Å². The van der Waals surface area contributed by atoms with Gasteiger partial charge in [0.2, 0.25) is 0 Å². The van der Waals surface area contributed by atoms with E-state index >= 15 is 0 Å². The second kappa shape index (κ2) is 29.8. The molecule has 0 atom stereocenters. The van der Waals surface area contributed by atoms with E-state index in [0.717, 1.165) is 12.8 Å². The zero-order chi connectivity index (χ0) is 29.0. The Balaban J connectivity index is 0.0000160. The number of hydrogen-bond donors (Lipinski definition) is 0. The summed E-state index contributed by atoms with van der Waals surface area (Å²) < 4.78 is 34.1. The summed E-state index contributed by atoms with van der Waals surface area (Å²) in [5.74, 6) is 0. The molecule has 0 saturated carbocycles. The van der Waals surface area contributed by atoms with Crippen LogP contribution in [0, 0.1) is 0 Å². The Kier molecular flexibility index (Phi) is 29.6. The first-order valence-electron chi connectivity index (χ1n) is 17.6. The molecule has 0 aliphatic carbocycles. The summed E-state index contributed by atoms with van der Waals surface area (Å²) in [6, 6.07) is 6.63. The van der Waals surface area contributed by atoms with Gasteiger partial charge in [-0.1, -0.05) is 198 Å². The molecule has 0 aromatic heterocycles. The molecule has 0 fully saturated rings. The van der Waals surface area contributed by atoms with Gasteiger partial charge in [0.15, 0.2) is 0 Å². The van der Waals surface area contributed by atoms with Crippen molar-refractivity contribution in [3.05, 3.63) is 29.8 Å². The first-order chi connectivity index (χ1) is 19.6. The van der Waals surface area contributed by atoms with Crippen LogP contribution < -0.4 is 18.9 Å². The molecule has 1 rings (SSSR count). The van der Waals surface area contributed by atoms with Crippen LogP contribution in [0.3, 0.4) is 0 Å². The van der Waals surface area contributed by atoms with Gasteiger partial charge in [-0.3, -0.25) is 0 Å². The van der Waals surface area contributed by atoms with Crippen LogP contribution in [0.4, 0.5) is 0 Å². The fourth-order valence-corrected chi connectivity index (χ4v) is 6.68. The largest absolute Gasteiger partial charge is 1.00 e. The van der Waals surface area contributed by atoms with Crippen molar-refractivity contribution < 1.29 is 31.8 Å². The Labute approximate surface area is 268 Å². The molecule has 0 bridgehead atoms. The average molecular weight is 585 g/mol. The standard InChI is InChI=1S/C36H66O3S.Li/c1-2-3-4-5-6-7-8-9-10-11-12-13-14-15-16-17-18-19-20-21-22-23-24-25-26-27-28-29-32-35-33-30-31-34-36(35)40(37,38)39;/h30-31,33-34H,2-29,32H2,1H3,(H,37,38,39);/q;+1/p-1. The van der Waals surface area contributed by atoms with Crippen LogP contribution >= 0.6 is 0 Å². The monoisotopic (exact) mass is 584 g/mol. The van der Waals surface area contributed by atoms with Crippen molar-refractivity contribution in [3.8, 4) is 0 Å². The van der Waals surface area contributed by atoms with Crippen molar-refractivity contribution in [1.29, 1.82) is 0 Å². The fraction of sp³-hybridized carbons (Fsp3) is 0.833. The molecule has 1 aromatic rings. The van der Waals surface area contributed by atoms with Gasteiger partial charge in [-0.15, -0.1) is 0 Å². The van der Waals surface area contributed by atoms with Crippen LogP contribution in [0.15, 0.2) is 29.2 Å². The summed E-state index contributed by atoms with van der Waals surface area (Å²) in [6.07, 6.45) is 39.5. The van der Waals surface area contributed by atoms with Crippen molar-refractivity contribution in [1.82, 2.24) is 0 Å². The van der Waals surface area contributed by atoms with Gasteiger partial charge in [0.05, 0.1) is 4.90 Å². The number of hydrogen-bond acceptors (Lipinski definition) is 3. The molecule has 5 heteroatoms. The molecule has 0 N–H and O–H groups in total. The van der Waals surface area contributed by atoms with E-state index in [-0.39, 0.29) is 23.8 Å². The SMILES string of the molecule is CCCCCCCCCCCCCCCCCCCCCCCCCCCCCCc1ccccc1S(=O)(=O)[O-].[Li+]. The van der Waals surface area contributed by atoms with Crippen molar-refractivity contribution in [2.24, 2.45) is 0 Å². The zero-order valence-corrected chi connectivity index (χ0v) is 28.3. The maximum absolute atomic E-state index is 11.4. The minimum absolute atomic E-state index is 0. The smallest absolute Gasteiger partial charge is 0.744 e. The molecule has 1 aromatic carbocycles. The van der Waals surface area contributed by atoms with Gasteiger partial charge in [0, 0.05) is 0 Å². The third-order valence-corrected chi connectivity index (χ3v) is 9.48. The number of aryl methyl sites for hydroxylation is 1. The molecular formula is C36H65LiO3S. The zero-order valence-electron chi connectivity index (χ0n) is 27.4. The number of unbranched alkanes of at least 4 members (excludes halogenated alkanes) is 27. The van der Waals surface area contributed by atoms with Crippen LogP contribution in [0.25, 0.3) is 0 Å². The Morgan fingerprint density at radius 2 is 0.732 bits per heavy atom. The molecule has 0 amide bonds. The van der Waals surface area contributed by atoms with Crippen LogP contribution in [0.5, 0.6) is 0 Å². The summed E-state index contributed by atoms with van der Waals surface area (Å²) in [7, 11) is -4.36. The van der Waals surface area contributed by atoms with Gasteiger partial charge >= 0.3 is 18.9 Å². The molecule has 0 aliphatic rings. The van der Waals surface area contributed by atoms with E-state index in [9.17, 15) is 13.0 Å². The summed E-state index contributed by atoms with van der Waals surface area (Å²) >= 11 is 0. The maximum Gasteiger partial charge on any atom is 1.00 e. The summed E-state index contributed by atoms with van der Waals surface area (Å²) in [4.78, 5) is -0.0416. The molecule has 0 aliphatic heterocycles. The van der Waals surface area contributed by atoms with E-state index < -0.39 is 10.1 Å². The first kappa shape index (κ1) is 40.7. The van der Waals surface area contributed by atoms with E-state index in [2.05, 4.69) is 6.92 Å². The van der Waals surface area contributed by atoms with Gasteiger partial charge in [-0.05, 0) is 24.5 Å². The van der Waals surface area contributed by atoms with Crippen LogP contribution in [-0.2, 0) is 16.5 Å². The van der Waals surface area contributed by atoms with E-state index in [1.807, 2.05) is 6.07 Å². The quantitative estimate of drug-likeness (QED) is 0.0515. The Hall–Kier alpha value is -0.273. The average Bonchev–Trinajstić information content (AvgIpc) is 2.94. The molecule has 0 unspecified atom stereocenters. The normalized spacial score (nSPS) is 11.6. The Morgan fingerprint density at radius 1 is 0.463 bits per heavy atom. The molecule has 0 radical (unpaired) electrons. The molecule has 41 heavy (non-hydrogen) atoms. The van der Waals surface area contributed by atoms with E-state index in [1.165, 1.54) is 173 Å². The van der Waals surface area contributed by atoms with Crippen LogP contribution in [0.2, 0.25) is 0 Å². The molecule has 0 spiro atoms. The fourth-order valence-electron chi connectivity index (χ4n) is 5.94. The van der Waals surface area contributed by atoms with E-state index in [4.69, 9.17) is 0 Å². The minimum atomic E-state index is -4.36. The second-order valence-electron chi connectivity index (χ2n) is 12.4. The third-order valence-electron chi connectivity index (χ3n) is 8.54. The van der Waals surface area contributed by atoms with Crippen molar-refractivity contribution in [2.45, 2.75) is 198 Å². The summed E-state index contributed by atoms with van der Waals surface area (Å²) in [6.45, 7) is 2.29. The molecule has 0 saturated heterocycles. The Morgan fingerprint density at radius 3 is 1.02 bits per heavy atom. The first-order valence-corrected chi connectivity index (χ1v) is 19.0. The second-order valence-corrected chi connectivity index (χ2v) is 13.7. The third kappa shape index (κ3) is 25.9. The van der Waals surface area contributed by atoms with E-state index in [0.29, 0.717) is 12.0 Å². The predicted molar refractivity (Wildman–Crippen MR) is 173 cm³/mol. The summed E-state index contributed by atoms with van der Waals surface area (Å²) in [5.41, 5.74) is 0.673. The van der Waals surface area contributed by atoms with Crippen molar-refractivity contribution >= 4 is 10.1 Å². The van der Waals surface area contributed by atoms with Crippen LogP contribution in [0.1, 0.15) is 192 Å². The molecular weight excluding hydrogens is 519 g/mol. The molecule has 0 heterocycles. The molecule has 3 nitrogen and oxygen atoms in total. The van der Waals surface area contributed by atoms with Gasteiger partial charge < -0.3 is 4.55 Å². The van der Waals surface area contributed by atoms with Crippen LogP contribution in [-0.4, -0.2) is 13.0 Å². The van der Waals surface area contributed by atoms with Crippen molar-refractivity contribution in [3.63, 3.8) is 0 Å². The van der Waals surface area contributed by atoms with Gasteiger partial charge in [-0.2, -0.15) is 0 Å². The topological polar surface area (TPSA) is 57.2 Å². The van der Waals surface area contributed by atoms with Gasteiger partial charge in [0.25, 0.3) is 0 Å². The Bertz CT molecular complexity index is 781. The molecule has 234 valence electrons. The maximum atomic E-state index is 11.4. The number of benzene rings is 1. The number of rotatable bonds is 30. The summed E-state index contributed by atoms with van der Waals surface area (Å²) in [5, 5.41) is 0.